The van der Waals surface area contributed by atoms with Gasteiger partial charge in [0, 0.05) is 31.2 Å². The van der Waals surface area contributed by atoms with E-state index in [0.29, 0.717) is 13.1 Å². The molecule has 2 aromatic rings. The second kappa shape index (κ2) is 6.78. The van der Waals surface area contributed by atoms with Gasteiger partial charge in [-0.3, -0.25) is 9.78 Å². The van der Waals surface area contributed by atoms with Crippen molar-refractivity contribution >= 4 is 11.7 Å². The van der Waals surface area contributed by atoms with E-state index in [-0.39, 0.29) is 11.4 Å². The van der Waals surface area contributed by atoms with Gasteiger partial charge in [0.1, 0.15) is 0 Å². The van der Waals surface area contributed by atoms with E-state index in [9.17, 15) is 9.18 Å². The Morgan fingerprint density at radius 1 is 1.29 bits per heavy atom. The van der Waals surface area contributed by atoms with E-state index in [1.807, 2.05) is 26.0 Å². The number of hydrogen-bond donors (Lipinski definition) is 2. The van der Waals surface area contributed by atoms with Gasteiger partial charge in [-0.15, -0.1) is 0 Å². The first-order valence-corrected chi connectivity index (χ1v) is 6.70. The summed E-state index contributed by atoms with van der Waals surface area (Å²) < 4.78 is 14.1. The van der Waals surface area contributed by atoms with Crippen LogP contribution in [0.1, 0.15) is 28.5 Å². The highest BCUT2D eigenvalue weighted by Gasteiger charge is 2.15. The molecule has 0 atom stereocenters. The predicted octanol–water partition coefficient (Wildman–Crippen LogP) is 2.29. The summed E-state index contributed by atoms with van der Waals surface area (Å²) >= 11 is 0. The Morgan fingerprint density at radius 3 is 2.76 bits per heavy atom. The Kier molecular flexibility index (Phi) is 4.81. The minimum atomic E-state index is -0.640. The third-order valence-electron chi connectivity index (χ3n) is 2.90. The van der Waals surface area contributed by atoms with Gasteiger partial charge in [-0.05, 0) is 31.5 Å². The predicted molar refractivity (Wildman–Crippen MR) is 78.5 cm³/mol. The van der Waals surface area contributed by atoms with Crippen LogP contribution in [0, 0.1) is 12.7 Å². The molecule has 0 aromatic carbocycles. The number of nitrogens with one attached hydrogen (secondary N) is 2. The van der Waals surface area contributed by atoms with E-state index < -0.39 is 11.7 Å². The van der Waals surface area contributed by atoms with Crippen LogP contribution < -0.4 is 10.6 Å². The number of pyridine rings is 2. The largest absolute Gasteiger partial charge is 0.368 e. The first kappa shape index (κ1) is 14.9. The number of anilines is 1. The summed E-state index contributed by atoms with van der Waals surface area (Å²) in [5.41, 5.74) is 1.73. The van der Waals surface area contributed by atoms with E-state index in [2.05, 4.69) is 20.6 Å². The van der Waals surface area contributed by atoms with Crippen LogP contribution in [-0.2, 0) is 6.54 Å². The molecule has 1 amide bonds. The summed E-state index contributed by atoms with van der Waals surface area (Å²) in [4.78, 5) is 20.0. The first-order valence-electron chi connectivity index (χ1n) is 6.70. The normalized spacial score (nSPS) is 10.2. The highest BCUT2D eigenvalue weighted by Crippen LogP contribution is 2.14. The van der Waals surface area contributed by atoms with Crippen molar-refractivity contribution in [2.45, 2.75) is 20.4 Å². The molecule has 0 spiro atoms. The maximum atomic E-state index is 14.1. The van der Waals surface area contributed by atoms with Gasteiger partial charge in [0.15, 0.2) is 11.6 Å². The number of amides is 1. The molecule has 2 heterocycles. The maximum absolute atomic E-state index is 14.1. The summed E-state index contributed by atoms with van der Waals surface area (Å²) in [6, 6.07) is 5.09. The molecule has 0 aliphatic heterocycles. The molecule has 6 heteroatoms. The molecular formula is C15H17FN4O. The summed E-state index contributed by atoms with van der Waals surface area (Å²) in [5, 5.41) is 5.45. The highest BCUT2D eigenvalue weighted by atomic mass is 19.1. The molecule has 2 aromatic heterocycles. The van der Waals surface area contributed by atoms with Crippen molar-refractivity contribution in [1.82, 2.24) is 15.3 Å². The van der Waals surface area contributed by atoms with Gasteiger partial charge < -0.3 is 10.6 Å². The van der Waals surface area contributed by atoms with Crippen LogP contribution in [0.15, 0.2) is 30.6 Å². The van der Waals surface area contributed by atoms with E-state index >= 15 is 0 Å². The topological polar surface area (TPSA) is 66.9 Å². The monoisotopic (exact) mass is 288 g/mol. The highest BCUT2D eigenvalue weighted by molar-refractivity contribution is 5.95. The van der Waals surface area contributed by atoms with Crippen molar-refractivity contribution in [3.05, 3.63) is 53.2 Å². The molecular weight excluding hydrogens is 271 g/mol. The molecule has 5 nitrogen and oxygen atoms in total. The van der Waals surface area contributed by atoms with Crippen LogP contribution in [0.3, 0.4) is 0 Å². The van der Waals surface area contributed by atoms with E-state index in [4.69, 9.17) is 0 Å². The van der Waals surface area contributed by atoms with Crippen LogP contribution in [0.25, 0.3) is 0 Å². The zero-order chi connectivity index (χ0) is 15.2. The number of aromatic nitrogens is 2. The molecule has 0 saturated heterocycles. The first-order chi connectivity index (χ1) is 10.1. The summed E-state index contributed by atoms with van der Waals surface area (Å²) in [6.07, 6.45) is 3.09. The van der Waals surface area contributed by atoms with E-state index in [0.717, 1.165) is 11.3 Å². The Balaban J connectivity index is 2.06. The smallest absolute Gasteiger partial charge is 0.254 e. The summed E-state index contributed by atoms with van der Waals surface area (Å²) in [5.74, 6) is -1.03. The van der Waals surface area contributed by atoms with Crippen molar-refractivity contribution in [2.24, 2.45) is 0 Å². The Labute approximate surface area is 122 Å². The molecule has 2 rings (SSSR count). The zero-order valence-electron chi connectivity index (χ0n) is 12.0. The second-order valence-corrected chi connectivity index (χ2v) is 4.54. The van der Waals surface area contributed by atoms with Gasteiger partial charge in [-0.25, -0.2) is 9.37 Å². The molecule has 0 aliphatic rings. The standard InChI is InChI=1S/C15H17FN4O/c1-3-17-14-13(16)12(6-7-18-14)15(21)20-9-11-5-4-10(2)19-8-11/h4-8H,3,9H2,1-2H3,(H,17,18)(H,20,21). The quantitative estimate of drug-likeness (QED) is 0.886. The summed E-state index contributed by atoms with van der Waals surface area (Å²) in [7, 11) is 0. The minimum Gasteiger partial charge on any atom is -0.368 e. The fourth-order valence-electron chi connectivity index (χ4n) is 1.79. The number of carbonyl (C=O) groups excluding carboxylic acids is 1. The fourth-order valence-corrected chi connectivity index (χ4v) is 1.79. The lowest BCUT2D eigenvalue weighted by atomic mass is 10.2. The molecule has 21 heavy (non-hydrogen) atoms. The lowest BCUT2D eigenvalue weighted by Crippen LogP contribution is -2.24. The SMILES string of the molecule is CCNc1nccc(C(=O)NCc2ccc(C)nc2)c1F. The van der Waals surface area contributed by atoms with Crippen molar-refractivity contribution in [1.29, 1.82) is 0 Å². The number of halogens is 1. The molecule has 0 unspecified atom stereocenters. The van der Waals surface area contributed by atoms with Gasteiger partial charge in [0.05, 0.1) is 5.56 Å². The number of aryl methyl sites for hydroxylation is 1. The van der Waals surface area contributed by atoms with Crippen molar-refractivity contribution in [2.75, 3.05) is 11.9 Å². The average Bonchev–Trinajstić information content (AvgIpc) is 2.49. The van der Waals surface area contributed by atoms with Crippen LogP contribution in [-0.4, -0.2) is 22.4 Å². The third kappa shape index (κ3) is 3.75. The fraction of sp³-hybridized carbons (Fsp3) is 0.267. The minimum absolute atomic E-state index is 0.0268. The van der Waals surface area contributed by atoms with Crippen molar-refractivity contribution < 1.29 is 9.18 Å². The maximum Gasteiger partial charge on any atom is 0.254 e. The van der Waals surface area contributed by atoms with Crippen LogP contribution in [0.5, 0.6) is 0 Å². The lowest BCUT2D eigenvalue weighted by molar-refractivity contribution is 0.0947. The molecule has 0 radical (unpaired) electrons. The molecule has 2 N–H and O–H groups in total. The van der Waals surface area contributed by atoms with Crippen LogP contribution in [0.2, 0.25) is 0 Å². The zero-order valence-corrected chi connectivity index (χ0v) is 12.0. The second-order valence-electron chi connectivity index (χ2n) is 4.54. The van der Waals surface area contributed by atoms with Gasteiger partial charge >= 0.3 is 0 Å². The van der Waals surface area contributed by atoms with Gasteiger partial charge in [0.2, 0.25) is 0 Å². The third-order valence-corrected chi connectivity index (χ3v) is 2.90. The number of rotatable bonds is 5. The number of hydrogen-bond acceptors (Lipinski definition) is 4. The Morgan fingerprint density at radius 2 is 2.10 bits per heavy atom. The van der Waals surface area contributed by atoms with Crippen LogP contribution in [0.4, 0.5) is 10.2 Å². The molecule has 0 aliphatic carbocycles. The summed E-state index contributed by atoms with van der Waals surface area (Å²) in [6.45, 7) is 4.55. The van der Waals surface area contributed by atoms with Crippen LogP contribution >= 0.6 is 0 Å². The number of nitrogens with zero attached hydrogens (tertiary/aromatic N) is 2. The van der Waals surface area contributed by atoms with Gasteiger partial charge in [-0.1, -0.05) is 6.07 Å². The van der Waals surface area contributed by atoms with Gasteiger partial charge in [-0.2, -0.15) is 0 Å². The Bertz CT molecular complexity index is 628. The van der Waals surface area contributed by atoms with E-state index in [1.54, 1.807) is 6.20 Å². The van der Waals surface area contributed by atoms with Gasteiger partial charge in [0.25, 0.3) is 5.91 Å². The number of carbonyl (C=O) groups is 1. The van der Waals surface area contributed by atoms with Crippen molar-refractivity contribution in [3.63, 3.8) is 0 Å². The van der Waals surface area contributed by atoms with Crippen molar-refractivity contribution in [3.8, 4) is 0 Å². The molecule has 0 saturated carbocycles. The lowest BCUT2D eigenvalue weighted by Gasteiger charge is -2.09. The molecule has 0 fully saturated rings. The molecule has 0 bridgehead atoms. The molecule has 110 valence electrons. The average molecular weight is 288 g/mol. The van der Waals surface area contributed by atoms with E-state index in [1.165, 1.54) is 12.3 Å². The Hall–Kier alpha value is -2.50.